The van der Waals surface area contributed by atoms with Gasteiger partial charge in [0.1, 0.15) is 16.4 Å². The molecule has 5 rings (SSSR count). The Morgan fingerprint density at radius 1 is 1.21 bits per heavy atom. The van der Waals surface area contributed by atoms with Gasteiger partial charge in [-0.05, 0) is 74.8 Å². The van der Waals surface area contributed by atoms with Crippen LogP contribution in [0.1, 0.15) is 61.7 Å². The molecule has 8 nitrogen and oxygen atoms in total. The van der Waals surface area contributed by atoms with E-state index < -0.39 is 0 Å². The average molecular weight is 481 g/mol. The maximum Gasteiger partial charge on any atom is 0.274 e. The molecule has 1 fully saturated rings. The zero-order chi connectivity index (χ0) is 23.8. The number of aromatic hydroxyl groups is 1. The largest absolute Gasteiger partial charge is 0.507 e. The second-order valence-corrected chi connectivity index (χ2v) is 10.1. The van der Waals surface area contributed by atoms with Gasteiger partial charge in [-0.15, -0.1) is 11.3 Å². The average Bonchev–Trinajstić information content (AvgIpc) is 3.59. The Morgan fingerprint density at radius 2 is 2.06 bits per heavy atom. The normalized spacial score (nSPS) is 17.1. The quantitative estimate of drug-likeness (QED) is 0.424. The molecule has 1 aromatic carbocycles. The van der Waals surface area contributed by atoms with E-state index in [1.165, 1.54) is 11.3 Å². The van der Waals surface area contributed by atoms with Gasteiger partial charge in [0.2, 0.25) is 0 Å². The van der Waals surface area contributed by atoms with Crippen molar-refractivity contribution < 1.29 is 19.4 Å². The van der Waals surface area contributed by atoms with Crippen LogP contribution in [0.4, 0.5) is 5.00 Å². The molecule has 1 aliphatic heterocycles. The van der Waals surface area contributed by atoms with Crippen LogP contribution >= 0.6 is 11.3 Å². The minimum atomic E-state index is -0.379. The van der Waals surface area contributed by atoms with Gasteiger partial charge in [-0.25, -0.2) is 0 Å². The van der Waals surface area contributed by atoms with Crippen molar-refractivity contribution >= 4 is 28.2 Å². The lowest BCUT2D eigenvalue weighted by Gasteiger charge is -2.12. The van der Waals surface area contributed by atoms with Crippen LogP contribution in [0.3, 0.4) is 0 Å². The van der Waals surface area contributed by atoms with Crippen LogP contribution < -0.4 is 10.6 Å². The minimum Gasteiger partial charge on any atom is -0.507 e. The molecule has 1 saturated heterocycles. The fraction of sp³-hybridized carbons (Fsp3) is 0.400. The highest BCUT2D eigenvalue weighted by molar-refractivity contribution is 7.17. The van der Waals surface area contributed by atoms with E-state index in [2.05, 4.69) is 20.8 Å². The first kappa shape index (κ1) is 22.6. The van der Waals surface area contributed by atoms with Gasteiger partial charge in [0, 0.05) is 23.6 Å². The van der Waals surface area contributed by atoms with Gasteiger partial charge in [-0.1, -0.05) is 6.07 Å². The maximum atomic E-state index is 13.1. The molecule has 2 amide bonds. The molecule has 1 atom stereocenters. The van der Waals surface area contributed by atoms with Gasteiger partial charge in [0.15, 0.2) is 0 Å². The molecule has 3 heterocycles. The lowest BCUT2D eigenvalue weighted by atomic mass is 10.0. The van der Waals surface area contributed by atoms with Gasteiger partial charge in [0.25, 0.3) is 11.8 Å². The minimum absolute atomic E-state index is 0.0544. The summed E-state index contributed by atoms with van der Waals surface area (Å²) in [7, 11) is 0. The Labute approximate surface area is 201 Å². The van der Waals surface area contributed by atoms with Gasteiger partial charge in [-0.3, -0.25) is 14.7 Å². The third-order valence-corrected chi connectivity index (χ3v) is 7.64. The predicted octanol–water partition coefficient (Wildman–Crippen LogP) is 4.11. The van der Waals surface area contributed by atoms with Crippen molar-refractivity contribution in [3.05, 3.63) is 51.0 Å². The number of rotatable bonds is 6. The predicted molar refractivity (Wildman–Crippen MR) is 131 cm³/mol. The van der Waals surface area contributed by atoms with E-state index in [4.69, 9.17) is 4.74 Å². The van der Waals surface area contributed by atoms with Crippen molar-refractivity contribution in [2.24, 2.45) is 0 Å². The Hall–Kier alpha value is -3.17. The molecule has 178 valence electrons. The topological polar surface area (TPSA) is 116 Å². The number of ether oxygens (including phenoxy) is 1. The lowest BCUT2D eigenvalue weighted by molar-refractivity contribution is 0.0858. The number of aromatic amines is 1. The third-order valence-electron chi connectivity index (χ3n) is 6.43. The first-order valence-corrected chi connectivity index (χ1v) is 12.4. The first-order valence-electron chi connectivity index (χ1n) is 11.6. The van der Waals surface area contributed by atoms with Crippen molar-refractivity contribution in [2.75, 3.05) is 18.5 Å². The number of H-pyrrole nitrogens is 1. The molecule has 0 radical (unpaired) electrons. The van der Waals surface area contributed by atoms with Crippen molar-refractivity contribution in [1.82, 2.24) is 15.5 Å². The number of anilines is 1. The van der Waals surface area contributed by atoms with Crippen LogP contribution in [0.2, 0.25) is 0 Å². The standard InChI is InChI=1S/C25H28N4O4S/c1-13-9-14(2)22(30)17(10-13)18-11-19(29-28-18)23(31)27-25-21(16-6-3-7-20(16)34-25)24(32)26-12-15-5-4-8-33-15/h9-11,15,30H,3-8,12H2,1-2H3,(H,26,32)(H,27,31)(H,28,29). The highest BCUT2D eigenvalue weighted by Crippen LogP contribution is 2.39. The molecule has 0 spiro atoms. The monoisotopic (exact) mass is 480 g/mol. The lowest BCUT2D eigenvalue weighted by Crippen LogP contribution is -2.32. The number of thiophene rings is 1. The van der Waals surface area contributed by atoms with E-state index in [9.17, 15) is 14.7 Å². The Kier molecular flexibility index (Phi) is 6.14. The Morgan fingerprint density at radius 3 is 2.85 bits per heavy atom. The van der Waals surface area contributed by atoms with Crippen molar-refractivity contribution in [1.29, 1.82) is 0 Å². The highest BCUT2D eigenvalue weighted by Gasteiger charge is 2.29. The summed E-state index contributed by atoms with van der Waals surface area (Å²) in [5, 5.41) is 23.9. The summed E-state index contributed by atoms with van der Waals surface area (Å²) in [4.78, 5) is 27.3. The number of nitrogens with zero attached hydrogens (tertiary/aromatic N) is 1. The Balaban J connectivity index is 1.36. The van der Waals surface area contributed by atoms with Crippen LogP contribution in [-0.4, -0.2) is 46.4 Å². The van der Waals surface area contributed by atoms with E-state index in [1.54, 1.807) is 6.07 Å². The van der Waals surface area contributed by atoms with E-state index in [0.29, 0.717) is 28.4 Å². The molecule has 3 aromatic rings. The molecule has 0 saturated carbocycles. The van der Waals surface area contributed by atoms with E-state index in [0.717, 1.165) is 60.3 Å². The summed E-state index contributed by atoms with van der Waals surface area (Å²) in [6, 6.07) is 5.34. The summed E-state index contributed by atoms with van der Waals surface area (Å²) in [5.41, 5.74) is 4.65. The summed E-state index contributed by atoms with van der Waals surface area (Å²) >= 11 is 1.47. The summed E-state index contributed by atoms with van der Waals surface area (Å²) in [6.45, 7) is 4.98. The van der Waals surface area contributed by atoms with E-state index >= 15 is 0 Å². The van der Waals surface area contributed by atoms with Crippen LogP contribution in [0.5, 0.6) is 5.75 Å². The van der Waals surface area contributed by atoms with Crippen LogP contribution in [0.25, 0.3) is 11.3 Å². The summed E-state index contributed by atoms with van der Waals surface area (Å²) in [6.07, 6.45) is 4.79. The first-order chi connectivity index (χ1) is 16.4. The molecule has 0 bridgehead atoms. The molecule has 1 aliphatic carbocycles. The van der Waals surface area contributed by atoms with Crippen molar-refractivity contribution in [3.63, 3.8) is 0 Å². The fourth-order valence-corrected chi connectivity index (χ4v) is 6.02. The number of carbonyl (C=O) groups excluding carboxylic acids is 2. The molecule has 9 heteroatoms. The van der Waals surface area contributed by atoms with Gasteiger partial charge >= 0.3 is 0 Å². The summed E-state index contributed by atoms with van der Waals surface area (Å²) < 4.78 is 5.62. The number of carbonyl (C=O) groups is 2. The second-order valence-electron chi connectivity index (χ2n) is 9.01. The van der Waals surface area contributed by atoms with Gasteiger partial charge in [-0.2, -0.15) is 5.10 Å². The number of benzene rings is 1. The van der Waals surface area contributed by atoms with Crippen molar-refractivity contribution in [2.45, 2.75) is 52.1 Å². The number of hydrogen-bond acceptors (Lipinski definition) is 6. The highest BCUT2D eigenvalue weighted by atomic mass is 32.1. The molecule has 2 aromatic heterocycles. The number of amides is 2. The van der Waals surface area contributed by atoms with Gasteiger partial charge < -0.3 is 20.5 Å². The fourth-order valence-electron chi connectivity index (χ4n) is 4.73. The number of hydrogen-bond donors (Lipinski definition) is 4. The SMILES string of the molecule is Cc1cc(C)c(O)c(-c2cc(C(=O)Nc3sc4c(c3C(=O)NCC3CCCO3)CCC4)[nH]n2)c1. The third kappa shape index (κ3) is 4.33. The molecule has 1 unspecified atom stereocenters. The van der Waals surface area contributed by atoms with Gasteiger partial charge in [0.05, 0.1) is 17.4 Å². The second kappa shape index (κ2) is 9.23. The zero-order valence-corrected chi connectivity index (χ0v) is 20.1. The number of nitrogens with one attached hydrogen (secondary N) is 3. The number of phenols is 1. The van der Waals surface area contributed by atoms with Crippen LogP contribution in [0, 0.1) is 13.8 Å². The van der Waals surface area contributed by atoms with Crippen LogP contribution in [-0.2, 0) is 17.6 Å². The number of fused-ring (bicyclic) bond motifs is 1. The molecule has 4 N–H and O–H groups in total. The molecular formula is C25H28N4O4S. The van der Waals surface area contributed by atoms with Crippen molar-refractivity contribution in [3.8, 4) is 17.0 Å². The molecular weight excluding hydrogens is 452 g/mol. The van der Waals surface area contributed by atoms with Crippen LogP contribution in [0.15, 0.2) is 18.2 Å². The zero-order valence-electron chi connectivity index (χ0n) is 19.3. The summed E-state index contributed by atoms with van der Waals surface area (Å²) in [5.74, 6) is -0.407. The van der Waals surface area contributed by atoms with E-state index in [1.807, 2.05) is 26.0 Å². The number of aryl methyl sites for hydroxylation is 3. The number of aromatic nitrogens is 2. The maximum absolute atomic E-state index is 13.1. The Bertz CT molecular complexity index is 1260. The molecule has 34 heavy (non-hydrogen) atoms. The smallest absolute Gasteiger partial charge is 0.274 e. The van der Waals surface area contributed by atoms with E-state index in [-0.39, 0.29) is 29.4 Å². The molecule has 2 aliphatic rings. The number of phenolic OH excluding ortho intramolecular Hbond substituents is 1.